The predicted molar refractivity (Wildman–Crippen MR) is 517 cm³/mol. The van der Waals surface area contributed by atoms with Crippen molar-refractivity contribution in [3.63, 3.8) is 0 Å². The number of nitrogens with zero attached hydrogens (tertiary/aromatic N) is 5. The van der Waals surface area contributed by atoms with Crippen LogP contribution in [0.25, 0.3) is 165 Å². The Balaban J connectivity index is 0.000000123. The third-order valence-corrected chi connectivity index (χ3v) is 26.7. The maximum Gasteiger partial charge on any atom is 0.0988 e. The van der Waals surface area contributed by atoms with E-state index in [0.29, 0.717) is 72.4 Å². The Kier molecular flexibility index (Phi) is 27.2. The molecule has 0 unspecified atom stereocenters. The summed E-state index contributed by atoms with van der Waals surface area (Å²) in [5.74, 6) is -3.97. The van der Waals surface area contributed by atoms with Gasteiger partial charge in [-0.15, -0.1) is 0 Å². The fraction of sp³-hybridized carbons (Fsp3) is 0.0686. The molecule has 26 nitrogen and oxygen atoms in total. The van der Waals surface area contributed by atoms with Crippen LogP contribution in [-0.2, 0) is 111 Å². The Bertz CT molecular complexity index is 8920. The van der Waals surface area contributed by atoms with Crippen molar-refractivity contribution in [2.75, 3.05) is 0 Å². The smallest absolute Gasteiger partial charge is 0.0988 e. The van der Waals surface area contributed by atoms with Gasteiger partial charge in [-0.1, -0.05) is 297 Å². The van der Waals surface area contributed by atoms with Gasteiger partial charge < -0.3 is 31.9 Å². The van der Waals surface area contributed by atoms with Gasteiger partial charge in [0.25, 0.3) is 0 Å². The lowest BCUT2D eigenvalue weighted by atomic mass is 9.98. The first-order valence-corrected chi connectivity index (χ1v) is 52.2. The van der Waals surface area contributed by atoms with Crippen LogP contribution in [0, 0.1) is 0 Å². The zero-order valence-corrected chi connectivity index (χ0v) is 76.3. The largest absolute Gasteiger partial charge is 0.748 e. The molecule has 20 rings (SSSR count). The second kappa shape index (κ2) is 38.9. The molecule has 20 aromatic rings. The summed E-state index contributed by atoms with van der Waals surface area (Å²) in [6.45, 7) is 0. The number of pyridine rings is 5. The molecule has 0 aliphatic heterocycles. The van der Waals surface area contributed by atoms with Gasteiger partial charge in [0.05, 0.1) is 167 Å². The first-order valence-electron chi connectivity index (χ1n) is 41.2. The number of hydrogen-bond donors (Lipinski definition) is 0. The second-order valence-electron chi connectivity index (χ2n) is 31.7. The van der Waals surface area contributed by atoms with E-state index >= 15 is 0 Å². The molecule has 0 bridgehead atoms. The third-order valence-electron chi connectivity index (χ3n) is 21.9. The minimum Gasteiger partial charge on any atom is -0.748 e. The van der Waals surface area contributed by atoms with Gasteiger partial charge >= 0.3 is 0 Å². The molecule has 0 radical (unpaired) electrons. The Hall–Kier alpha value is -14.0. The molecule has 5 heterocycles. The fourth-order valence-corrected chi connectivity index (χ4v) is 20.4. The number of aromatic nitrogens is 5. The van der Waals surface area contributed by atoms with E-state index in [4.69, 9.17) is 24.9 Å². The summed E-state index contributed by atoms with van der Waals surface area (Å²) in [5.41, 5.74) is 14.8. The Labute approximate surface area is 776 Å². The molecule has 0 aliphatic rings. The summed E-state index contributed by atoms with van der Waals surface area (Å²) in [6.07, 6.45) is 0. The van der Waals surface area contributed by atoms with E-state index in [1.54, 1.807) is 121 Å². The van der Waals surface area contributed by atoms with E-state index in [2.05, 4.69) is 12.1 Å². The summed E-state index contributed by atoms with van der Waals surface area (Å²) < 4.78 is 233. The van der Waals surface area contributed by atoms with Crippen LogP contribution in [0.4, 0.5) is 0 Å². The Morgan fingerprint density at radius 2 is 0.311 bits per heavy atom. The van der Waals surface area contributed by atoms with Crippen LogP contribution in [0.15, 0.2) is 352 Å². The quantitative estimate of drug-likeness (QED) is 0.0536. The lowest BCUT2D eigenvalue weighted by molar-refractivity contribution is 0.459. The zero-order valence-electron chi connectivity index (χ0n) is 70.6. The molecule has 0 saturated heterocycles. The van der Waals surface area contributed by atoms with Crippen LogP contribution >= 0.6 is 0 Å². The van der Waals surface area contributed by atoms with Crippen LogP contribution in [-0.4, -0.2) is 116 Å². The SMILES string of the molecule is O=S(=O)([O-])Cc1ccc(-c2nc3ccccc3c3cc(CS(=O)(=O)[O-])ccc23)cc1.O=S(=O)([O-])Cc1ccc(-c2nc3ccccc3c3ccc(CS(=O)(=O)[O-])cc23)cc1.O=S(=O)([O-])Cc1ccc(-c2nc3ccccc3c3ccccc23)cc1.O=S(=O)([O-])Cc1ccc2c(-c3ccccc3)nc3ccccc3c2c1.O=S(=O)([O-])Cc1ccc2c(c1)c(-c1ccccc1)nc1ccccc12. The van der Waals surface area contributed by atoms with Crippen molar-refractivity contribution >= 4 is 179 Å². The van der Waals surface area contributed by atoms with Crippen molar-refractivity contribution in [2.45, 2.75) is 40.3 Å². The fourth-order valence-electron chi connectivity index (χ4n) is 16.3. The number of benzene rings is 15. The van der Waals surface area contributed by atoms with Gasteiger partial charge in [-0.05, 0) is 120 Å². The van der Waals surface area contributed by atoms with Gasteiger partial charge in [0.15, 0.2) is 0 Å². The van der Waals surface area contributed by atoms with Crippen LogP contribution in [0.1, 0.15) is 38.9 Å². The van der Waals surface area contributed by atoms with E-state index < -0.39 is 111 Å². The maximum absolute atomic E-state index is 11.2. The van der Waals surface area contributed by atoms with Crippen LogP contribution in [0.3, 0.4) is 0 Å². The summed E-state index contributed by atoms with van der Waals surface area (Å²) in [7, 11) is -30.6. The minimum absolute atomic E-state index is 0.352. The highest BCUT2D eigenvalue weighted by atomic mass is 32.2. The van der Waals surface area contributed by atoms with Crippen molar-refractivity contribution in [3.8, 4) is 56.3 Å². The molecule has 0 atom stereocenters. The zero-order chi connectivity index (χ0) is 95.4. The van der Waals surface area contributed by atoms with Gasteiger partial charge in [-0.25, -0.2) is 83.8 Å². The number of para-hydroxylation sites is 5. The van der Waals surface area contributed by atoms with Crippen LogP contribution in [0.2, 0.25) is 0 Å². The first-order chi connectivity index (χ1) is 64.2. The van der Waals surface area contributed by atoms with Crippen molar-refractivity contribution in [1.29, 1.82) is 0 Å². The molecule has 0 spiro atoms. The normalized spacial score (nSPS) is 12.1. The number of rotatable bonds is 19. The molecule has 0 amide bonds. The molecule has 0 N–H and O–H groups in total. The standard InChI is InChI=1S/2C21H17NO6S2.3C20H15NO3S/c23-29(24,25)12-14-5-8-16(9-6-14)21-19-11-15(13-30(26,27)28)7-10-17(19)18-3-1-2-4-20(18)22-21;23-29(24,25)12-14-5-8-16(9-6-14)21-18-10-7-15(13-30(26,27)28)11-19(18)17-3-1-2-4-20(17)22-21;22-25(23,24)13-14-9-11-15(12-10-14)20-18-7-2-1-5-16(18)17-6-3-4-8-19(17)21-20;22-25(23,24)13-14-10-11-16-17-8-4-5-9-19(17)21-20(18(16)12-14)15-6-2-1-3-7-15;22-25(23,24)13-14-10-11-17-18(12-14)16-8-4-5-9-19(16)21-20(17)15-6-2-1-3-7-15/h2*1-11H,12-13H2,(H,23,24,25)(H,26,27,28);3*1-12H,13H2,(H,22,23,24)/p-7. The van der Waals surface area contributed by atoms with Gasteiger partial charge in [0.1, 0.15) is 0 Å². The molecule has 0 saturated carbocycles. The molecular formula is C102H72N5O21S7-7. The third kappa shape index (κ3) is 23.8. The van der Waals surface area contributed by atoms with Crippen molar-refractivity contribution in [1.82, 2.24) is 24.9 Å². The monoisotopic (exact) mass is 1930 g/mol. The van der Waals surface area contributed by atoms with E-state index in [1.165, 1.54) is 0 Å². The molecule has 5 aromatic heterocycles. The summed E-state index contributed by atoms with van der Waals surface area (Å²) >= 11 is 0. The highest BCUT2D eigenvalue weighted by Crippen LogP contribution is 2.40. The lowest BCUT2D eigenvalue weighted by Crippen LogP contribution is -2.02. The molecule has 15 aromatic carbocycles. The number of fused-ring (bicyclic) bond motifs is 15. The summed E-state index contributed by atoms with van der Waals surface area (Å²) in [6, 6.07) is 106. The molecule has 0 aliphatic carbocycles. The van der Waals surface area contributed by atoms with E-state index in [0.717, 1.165) is 131 Å². The van der Waals surface area contributed by atoms with Gasteiger partial charge in [0, 0.05) is 81.7 Å². The summed E-state index contributed by atoms with van der Waals surface area (Å²) in [4.78, 5) is 23.8. The van der Waals surface area contributed by atoms with Gasteiger partial charge in [-0.2, -0.15) is 0 Å². The molecule has 33 heteroatoms. The van der Waals surface area contributed by atoms with Gasteiger partial charge in [-0.3, -0.25) is 0 Å². The van der Waals surface area contributed by atoms with Crippen LogP contribution < -0.4 is 0 Å². The van der Waals surface area contributed by atoms with Crippen molar-refractivity contribution in [2.24, 2.45) is 0 Å². The molecule has 135 heavy (non-hydrogen) atoms. The lowest BCUT2D eigenvalue weighted by Gasteiger charge is -2.13. The van der Waals surface area contributed by atoms with Crippen LogP contribution in [0.5, 0.6) is 0 Å². The van der Waals surface area contributed by atoms with Gasteiger partial charge in [0.2, 0.25) is 0 Å². The van der Waals surface area contributed by atoms with Crippen molar-refractivity contribution in [3.05, 3.63) is 391 Å². The highest BCUT2D eigenvalue weighted by Gasteiger charge is 2.20. The Morgan fingerprint density at radius 3 is 0.563 bits per heavy atom. The first kappa shape index (κ1) is 94.2. The maximum atomic E-state index is 11.2. The summed E-state index contributed by atoms with van der Waals surface area (Å²) in [5, 5.41) is 13.5. The van der Waals surface area contributed by atoms with E-state index in [-0.39, 0.29) is 0 Å². The predicted octanol–water partition coefficient (Wildman–Crippen LogP) is 18.6. The van der Waals surface area contributed by atoms with E-state index in [1.807, 2.05) is 218 Å². The second-order valence-corrected chi connectivity index (χ2v) is 41.5. The Morgan fingerprint density at radius 1 is 0.148 bits per heavy atom. The topological polar surface area (TPSA) is 465 Å². The van der Waals surface area contributed by atoms with Crippen molar-refractivity contribution < 1.29 is 90.8 Å². The highest BCUT2D eigenvalue weighted by molar-refractivity contribution is 7.86. The molecular weight excluding hydrogens is 1860 g/mol. The number of hydrogen-bond acceptors (Lipinski definition) is 26. The van der Waals surface area contributed by atoms with E-state index in [9.17, 15) is 90.8 Å². The average molecular weight is 1930 g/mol. The minimum atomic E-state index is -4.45. The average Bonchev–Trinajstić information content (AvgIpc) is 0.751. The molecule has 680 valence electrons. The molecule has 0 fully saturated rings.